The zero-order chi connectivity index (χ0) is 19.8. The van der Waals surface area contributed by atoms with Crippen LogP contribution in [0.25, 0.3) is 0 Å². The molecule has 2 saturated carbocycles. The number of carbonyl (C=O) groups excluding carboxylic acids is 1. The van der Waals surface area contributed by atoms with E-state index in [4.69, 9.17) is 0 Å². The Morgan fingerprint density at radius 3 is 2.83 bits per heavy atom. The van der Waals surface area contributed by atoms with Gasteiger partial charge in [0.15, 0.2) is 0 Å². The number of benzene rings is 1. The number of amides is 1. The summed E-state index contributed by atoms with van der Waals surface area (Å²) in [6, 6.07) is 10.2. The summed E-state index contributed by atoms with van der Waals surface area (Å²) < 4.78 is 0. The summed E-state index contributed by atoms with van der Waals surface area (Å²) in [4.78, 5) is 15.2. The van der Waals surface area contributed by atoms with Gasteiger partial charge in [0, 0.05) is 31.0 Å². The highest BCUT2D eigenvalue weighted by Gasteiger charge is 2.53. The van der Waals surface area contributed by atoms with Crippen molar-refractivity contribution in [3.63, 3.8) is 0 Å². The van der Waals surface area contributed by atoms with Gasteiger partial charge in [0.25, 0.3) is 0 Å². The van der Waals surface area contributed by atoms with E-state index in [-0.39, 0.29) is 5.41 Å². The maximum Gasteiger partial charge on any atom is 0.222 e. The van der Waals surface area contributed by atoms with Crippen molar-refractivity contribution in [3.8, 4) is 0 Å². The first-order valence-electron chi connectivity index (χ1n) is 12.2. The van der Waals surface area contributed by atoms with Crippen LogP contribution in [0.4, 0.5) is 0 Å². The van der Waals surface area contributed by atoms with Gasteiger partial charge in [-0.25, -0.2) is 0 Å². The Morgan fingerprint density at radius 2 is 1.97 bits per heavy atom. The molecular formula is C26H38N2O. The quantitative estimate of drug-likeness (QED) is 0.793. The third kappa shape index (κ3) is 3.54. The van der Waals surface area contributed by atoms with Crippen molar-refractivity contribution in [2.45, 2.75) is 94.5 Å². The molecule has 3 nitrogen and oxygen atoms in total. The molecule has 158 valence electrons. The highest BCUT2D eigenvalue weighted by molar-refractivity contribution is 5.76. The van der Waals surface area contributed by atoms with Crippen LogP contribution in [0, 0.1) is 11.8 Å². The van der Waals surface area contributed by atoms with E-state index in [2.05, 4.69) is 41.5 Å². The van der Waals surface area contributed by atoms with Crippen LogP contribution in [0.2, 0.25) is 0 Å². The lowest BCUT2D eigenvalue weighted by molar-refractivity contribution is -0.134. The number of fused-ring (bicyclic) bond motifs is 1. The minimum absolute atomic E-state index is 0.283. The Labute approximate surface area is 176 Å². The number of nitrogens with zero attached hydrogens (tertiary/aromatic N) is 1. The number of piperidine rings is 1. The normalized spacial score (nSPS) is 34.2. The van der Waals surface area contributed by atoms with E-state index in [0.29, 0.717) is 18.0 Å². The molecule has 3 aliphatic carbocycles. The van der Waals surface area contributed by atoms with E-state index in [9.17, 15) is 4.79 Å². The summed E-state index contributed by atoms with van der Waals surface area (Å²) >= 11 is 0. The molecule has 1 N–H and O–H groups in total. The zero-order valence-electron chi connectivity index (χ0n) is 18.2. The van der Waals surface area contributed by atoms with Crippen LogP contribution in [0.3, 0.4) is 0 Å². The molecule has 5 rings (SSSR count). The lowest BCUT2D eigenvalue weighted by Gasteiger charge is -2.58. The van der Waals surface area contributed by atoms with Crippen molar-refractivity contribution in [2.75, 3.05) is 13.6 Å². The maximum atomic E-state index is 13.1. The third-order valence-electron chi connectivity index (χ3n) is 9.01. The van der Waals surface area contributed by atoms with Crippen molar-refractivity contribution in [3.05, 3.63) is 35.4 Å². The van der Waals surface area contributed by atoms with Crippen LogP contribution in [-0.2, 0) is 16.6 Å². The molecule has 1 saturated heterocycles. The third-order valence-corrected chi connectivity index (χ3v) is 9.01. The summed E-state index contributed by atoms with van der Waals surface area (Å²) in [5.74, 6) is 1.93. The van der Waals surface area contributed by atoms with E-state index in [1.807, 2.05) is 0 Å². The Hall–Kier alpha value is -1.35. The van der Waals surface area contributed by atoms with Crippen molar-refractivity contribution in [2.24, 2.45) is 11.8 Å². The van der Waals surface area contributed by atoms with Gasteiger partial charge in [-0.3, -0.25) is 4.79 Å². The van der Waals surface area contributed by atoms with Crippen LogP contribution < -0.4 is 5.32 Å². The molecule has 1 amide bonds. The van der Waals surface area contributed by atoms with Gasteiger partial charge < -0.3 is 10.2 Å². The lowest BCUT2D eigenvalue weighted by atomic mass is 9.52. The molecule has 29 heavy (non-hydrogen) atoms. The smallest absolute Gasteiger partial charge is 0.222 e. The van der Waals surface area contributed by atoms with E-state index in [0.717, 1.165) is 31.2 Å². The molecule has 0 radical (unpaired) electrons. The van der Waals surface area contributed by atoms with Crippen LogP contribution in [0.1, 0.15) is 81.8 Å². The van der Waals surface area contributed by atoms with Crippen molar-refractivity contribution >= 4 is 5.91 Å². The molecule has 4 aliphatic rings. The average Bonchev–Trinajstić information content (AvgIpc) is 2.77. The fraction of sp³-hybridized carbons (Fsp3) is 0.731. The number of rotatable bonds is 4. The second-order valence-electron chi connectivity index (χ2n) is 10.4. The number of hydrogen-bond acceptors (Lipinski definition) is 2. The van der Waals surface area contributed by atoms with Crippen molar-refractivity contribution in [1.29, 1.82) is 0 Å². The van der Waals surface area contributed by atoms with Gasteiger partial charge in [0.2, 0.25) is 5.91 Å². The van der Waals surface area contributed by atoms with Crippen LogP contribution >= 0.6 is 0 Å². The first kappa shape index (κ1) is 19.6. The minimum atomic E-state index is 0.283. The monoisotopic (exact) mass is 394 g/mol. The molecule has 1 aromatic rings. The molecule has 3 heteroatoms. The summed E-state index contributed by atoms with van der Waals surface area (Å²) in [7, 11) is 2.10. The predicted molar refractivity (Wildman–Crippen MR) is 118 cm³/mol. The summed E-state index contributed by atoms with van der Waals surface area (Å²) in [5.41, 5.74) is 3.44. The van der Waals surface area contributed by atoms with E-state index >= 15 is 0 Å². The average molecular weight is 395 g/mol. The van der Waals surface area contributed by atoms with Gasteiger partial charge in [-0.15, -0.1) is 0 Å². The Bertz CT molecular complexity index is 740. The fourth-order valence-corrected chi connectivity index (χ4v) is 7.41. The molecule has 0 aromatic heterocycles. The Kier molecular flexibility index (Phi) is 5.45. The van der Waals surface area contributed by atoms with Crippen LogP contribution in [0.5, 0.6) is 0 Å². The van der Waals surface area contributed by atoms with E-state index < -0.39 is 0 Å². The largest absolute Gasteiger partial charge is 0.343 e. The topological polar surface area (TPSA) is 32.3 Å². The standard InChI is InChI=1S/C26H38N2O/c1-28(25(29)14-11-19-7-3-2-4-8-19)21-12-13-23-24-17-20-9-5-6-10-22(20)26(23,18-21)15-16-27-24/h5-6,9-10,19,21,23-24,27H,2-4,7-8,11-18H2,1H3/t21?,23-,24+,26+/m0/s1. The first-order chi connectivity index (χ1) is 14.2. The molecule has 4 atom stereocenters. The van der Waals surface area contributed by atoms with Crippen LogP contribution in [-0.4, -0.2) is 36.5 Å². The van der Waals surface area contributed by atoms with Crippen molar-refractivity contribution < 1.29 is 4.79 Å². The molecule has 1 heterocycles. The maximum absolute atomic E-state index is 13.1. The molecule has 0 spiro atoms. The second-order valence-corrected chi connectivity index (χ2v) is 10.4. The Balaban J connectivity index is 1.30. The van der Waals surface area contributed by atoms with Gasteiger partial charge >= 0.3 is 0 Å². The van der Waals surface area contributed by atoms with Gasteiger partial charge in [0.1, 0.15) is 0 Å². The van der Waals surface area contributed by atoms with E-state index in [1.165, 1.54) is 64.2 Å². The molecule has 2 bridgehead atoms. The first-order valence-corrected chi connectivity index (χ1v) is 12.2. The van der Waals surface area contributed by atoms with Crippen LogP contribution in [0.15, 0.2) is 24.3 Å². The predicted octanol–water partition coefficient (Wildman–Crippen LogP) is 4.83. The van der Waals surface area contributed by atoms with Crippen molar-refractivity contribution in [1.82, 2.24) is 10.2 Å². The van der Waals surface area contributed by atoms with E-state index in [1.54, 1.807) is 11.1 Å². The molecule has 1 unspecified atom stereocenters. The Morgan fingerprint density at radius 1 is 1.14 bits per heavy atom. The van der Waals surface area contributed by atoms with Gasteiger partial charge in [-0.2, -0.15) is 0 Å². The number of nitrogens with one attached hydrogen (secondary N) is 1. The molecule has 3 fully saturated rings. The number of carbonyl (C=O) groups is 1. The minimum Gasteiger partial charge on any atom is -0.343 e. The van der Waals surface area contributed by atoms with Gasteiger partial charge in [-0.05, 0) is 68.0 Å². The summed E-state index contributed by atoms with van der Waals surface area (Å²) in [6.07, 6.45) is 14.7. The zero-order valence-corrected chi connectivity index (χ0v) is 18.2. The molecule has 1 aliphatic heterocycles. The van der Waals surface area contributed by atoms with Gasteiger partial charge in [0.05, 0.1) is 0 Å². The molecular weight excluding hydrogens is 356 g/mol. The highest BCUT2D eigenvalue weighted by atomic mass is 16.2. The number of hydrogen-bond donors (Lipinski definition) is 1. The summed E-state index contributed by atoms with van der Waals surface area (Å²) in [5, 5.41) is 3.83. The second kappa shape index (κ2) is 8.06. The molecule has 1 aromatic carbocycles. The summed E-state index contributed by atoms with van der Waals surface area (Å²) in [6.45, 7) is 1.13. The lowest BCUT2D eigenvalue weighted by Crippen LogP contribution is -2.62. The SMILES string of the molecule is CN(C(=O)CCC1CCCCC1)C1CC[C@H]2[C@H]3Cc4ccccc4[C@@]2(CCN3)C1. The highest BCUT2D eigenvalue weighted by Crippen LogP contribution is 2.54. The van der Waals surface area contributed by atoms with Gasteiger partial charge in [-0.1, -0.05) is 56.4 Å². The fourth-order valence-electron chi connectivity index (χ4n) is 7.41.